The summed E-state index contributed by atoms with van der Waals surface area (Å²) in [6.07, 6.45) is 6.75. The van der Waals surface area contributed by atoms with Crippen LogP contribution in [-0.2, 0) is 17.1 Å². The first kappa shape index (κ1) is 25.5. The summed E-state index contributed by atoms with van der Waals surface area (Å²) in [5, 5.41) is 16.2. The fraction of sp³-hybridized carbons (Fsp3) is 0.0769. The summed E-state index contributed by atoms with van der Waals surface area (Å²) in [4.78, 5) is 8.24. The van der Waals surface area contributed by atoms with Crippen molar-refractivity contribution in [1.29, 1.82) is 0 Å². The Morgan fingerprint density at radius 2 is 1.12 bits per heavy atom. The SMILES string of the molecule is C/C(=N/N=C/c1ccccn1)c1ccc[cH-]1.C/C(=N\N=C\c1ccccn1)c1ccc[cH-]1.[Fe+2]. The molecule has 0 saturated carbocycles. The van der Waals surface area contributed by atoms with Crippen LogP contribution in [0.4, 0.5) is 0 Å². The van der Waals surface area contributed by atoms with E-state index in [0.29, 0.717) is 0 Å². The van der Waals surface area contributed by atoms with Gasteiger partial charge in [0.15, 0.2) is 0 Å². The average Bonchev–Trinajstić information content (AvgIpc) is 3.56. The Bertz CT molecular complexity index is 1060. The fourth-order valence-electron chi connectivity index (χ4n) is 2.60. The Kier molecular flexibility index (Phi) is 11.0. The van der Waals surface area contributed by atoms with Crippen molar-refractivity contribution in [1.82, 2.24) is 9.97 Å². The van der Waals surface area contributed by atoms with E-state index in [1.54, 1.807) is 24.8 Å². The van der Waals surface area contributed by atoms with E-state index < -0.39 is 0 Å². The predicted molar refractivity (Wildman–Crippen MR) is 132 cm³/mol. The van der Waals surface area contributed by atoms with Gasteiger partial charge in [-0.1, -0.05) is 26.0 Å². The Morgan fingerprint density at radius 3 is 1.45 bits per heavy atom. The molecule has 0 fully saturated rings. The number of hydrogen-bond donors (Lipinski definition) is 0. The molecule has 4 rings (SSSR count). The monoisotopic (exact) mass is 476 g/mol. The topological polar surface area (TPSA) is 75.2 Å². The van der Waals surface area contributed by atoms with Crippen LogP contribution in [0.15, 0.2) is 118 Å². The van der Waals surface area contributed by atoms with Gasteiger partial charge in [-0.05, 0) is 35.7 Å². The summed E-state index contributed by atoms with van der Waals surface area (Å²) in [5.74, 6) is 0. The van der Waals surface area contributed by atoms with Crippen molar-refractivity contribution in [3.8, 4) is 0 Å². The van der Waals surface area contributed by atoms with Gasteiger partial charge in [0.1, 0.15) is 0 Å². The summed E-state index contributed by atoms with van der Waals surface area (Å²) in [5.41, 5.74) is 5.61. The molecule has 0 spiro atoms. The smallest absolute Gasteiger partial charge is 0.255 e. The third-order valence-electron chi connectivity index (χ3n) is 4.33. The maximum absolute atomic E-state index is 4.12. The summed E-state index contributed by atoms with van der Waals surface area (Å²) >= 11 is 0. The molecule has 0 radical (unpaired) electrons. The summed E-state index contributed by atoms with van der Waals surface area (Å²) in [6, 6.07) is 27.3. The van der Waals surface area contributed by atoms with E-state index in [0.717, 1.165) is 33.9 Å². The van der Waals surface area contributed by atoms with E-state index in [1.165, 1.54) is 0 Å². The van der Waals surface area contributed by atoms with Gasteiger partial charge in [-0.15, -0.1) is 23.3 Å². The maximum atomic E-state index is 4.12. The molecule has 0 aliphatic carbocycles. The van der Waals surface area contributed by atoms with Crippen LogP contribution < -0.4 is 0 Å². The van der Waals surface area contributed by atoms with Crippen LogP contribution >= 0.6 is 0 Å². The van der Waals surface area contributed by atoms with E-state index in [-0.39, 0.29) is 17.1 Å². The minimum atomic E-state index is 0. The molecule has 2 aromatic carbocycles. The van der Waals surface area contributed by atoms with Crippen molar-refractivity contribution >= 4 is 23.9 Å². The average molecular weight is 476 g/mol. The zero-order valence-electron chi connectivity index (χ0n) is 18.4. The van der Waals surface area contributed by atoms with E-state index >= 15 is 0 Å². The Morgan fingerprint density at radius 1 is 0.667 bits per heavy atom. The summed E-state index contributed by atoms with van der Waals surface area (Å²) < 4.78 is 0. The number of aromatic nitrogens is 2. The number of rotatable bonds is 6. The van der Waals surface area contributed by atoms with Crippen molar-refractivity contribution < 1.29 is 17.1 Å². The van der Waals surface area contributed by atoms with E-state index in [2.05, 4.69) is 30.4 Å². The molecule has 2 aromatic heterocycles. The molecule has 0 bridgehead atoms. The van der Waals surface area contributed by atoms with Crippen LogP contribution in [0.5, 0.6) is 0 Å². The van der Waals surface area contributed by atoms with Gasteiger partial charge in [0.2, 0.25) is 0 Å². The zero-order chi connectivity index (χ0) is 22.4. The molecule has 0 aliphatic heterocycles. The van der Waals surface area contributed by atoms with Crippen LogP contribution in [0.2, 0.25) is 0 Å². The molecule has 0 unspecified atom stereocenters. The molecule has 0 saturated heterocycles. The molecular formula is C26H24FeN6. The van der Waals surface area contributed by atoms with Crippen LogP contribution in [0.25, 0.3) is 0 Å². The van der Waals surface area contributed by atoms with Gasteiger partial charge in [0.25, 0.3) is 0 Å². The van der Waals surface area contributed by atoms with E-state index in [1.807, 2.05) is 98.8 Å². The largest absolute Gasteiger partial charge is 2.00 e. The van der Waals surface area contributed by atoms with E-state index in [9.17, 15) is 0 Å². The first-order valence-electron chi connectivity index (χ1n) is 10.1. The molecule has 0 N–H and O–H groups in total. The molecule has 166 valence electrons. The van der Waals surface area contributed by atoms with Crippen molar-refractivity contribution in [2.75, 3.05) is 0 Å². The van der Waals surface area contributed by atoms with Crippen molar-refractivity contribution in [2.45, 2.75) is 13.8 Å². The van der Waals surface area contributed by atoms with Crippen molar-refractivity contribution in [3.05, 3.63) is 120 Å². The Hall–Kier alpha value is -3.80. The zero-order valence-corrected chi connectivity index (χ0v) is 19.5. The van der Waals surface area contributed by atoms with Gasteiger partial charge in [-0.3, -0.25) is 9.97 Å². The van der Waals surface area contributed by atoms with E-state index in [4.69, 9.17) is 0 Å². The third kappa shape index (κ3) is 9.07. The molecular weight excluding hydrogens is 452 g/mol. The second-order valence-corrected chi connectivity index (χ2v) is 6.72. The molecule has 33 heavy (non-hydrogen) atoms. The summed E-state index contributed by atoms with van der Waals surface area (Å²) in [6.45, 7) is 3.87. The molecule has 0 aliphatic rings. The Labute approximate surface area is 204 Å². The maximum Gasteiger partial charge on any atom is 2.00 e. The summed E-state index contributed by atoms with van der Waals surface area (Å²) in [7, 11) is 0. The second kappa shape index (κ2) is 14.3. The molecule has 2 heterocycles. The molecule has 4 aromatic rings. The number of hydrogen-bond acceptors (Lipinski definition) is 6. The second-order valence-electron chi connectivity index (χ2n) is 6.72. The normalized spacial score (nSPS) is 11.8. The van der Waals surface area contributed by atoms with Crippen LogP contribution in [0.1, 0.15) is 36.4 Å². The minimum absolute atomic E-state index is 0. The molecule has 0 amide bonds. The third-order valence-corrected chi connectivity index (χ3v) is 4.33. The number of pyridine rings is 2. The minimum Gasteiger partial charge on any atom is -0.255 e. The van der Waals surface area contributed by atoms with Gasteiger partial charge >= 0.3 is 17.1 Å². The molecule has 6 nitrogen and oxygen atoms in total. The molecule has 0 atom stereocenters. The first-order valence-corrected chi connectivity index (χ1v) is 10.1. The van der Waals surface area contributed by atoms with Gasteiger partial charge in [0.05, 0.1) is 23.8 Å². The van der Waals surface area contributed by atoms with Gasteiger partial charge < -0.3 is 0 Å². The Balaban J connectivity index is 0.000000227. The van der Waals surface area contributed by atoms with Crippen molar-refractivity contribution in [3.63, 3.8) is 0 Å². The van der Waals surface area contributed by atoms with Gasteiger partial charge in [-0.25, -0.2) is 10.2 Å². The quantitative estimate of drug-likeness (QED) is 0.164. The van der Waals surface area contributed by atoms with Crippen molar-refractivity contribution in [2.24, 2.45) is 20.4 Å². The molecule has 7 heteroatoms. The van der Waals surface area contributed by atoms with Crippen LogP contribution in [-0.4, -0.2) is 33.8 Å². The fourth-order valence-corrected chi connectivity index (χ4v) is 2.60. The van der Waals surface area contributed by atoms with Gasteiger partial charge in [-0.2, -0.15) is 46.6 Å². The first-order chi connectivity index (χ1) is 15.7. The predicted octanol–water partition coefficient (Wildman–Crippen LogP) is 5.28. The number of nitrogens with zero attached hydrogens (tertiary/aromatic N) is 6. The van der Waals surface area contributed by atoms with Crippen LogP contribution in [0.3, 0.4) is 0 Å². The van der Waals surface area contributed by atoms with Gasteiger partial charge in [0, 0.05) is 12.4 Å². The van der Waals surface area contributed by atoms with Crippen LogP contribution in [0, 0.1) is 0 Å². The standard InChI is InChI=1S/2C13H12N3.Fe/c2*1-11(12-6-2-3-7-12)16-15-10-13-8-4-5-9-14-13;/h2*2-10H,1H3;/q2*-1;+2/b15-10+,16-11+;15-10+,16-11-;.